The number of hydrogen-bond acceptors (Lipinski definition) is 7. The van der Waals surface area contributed by atoms with Crippen LogP contribution in [0.5, 0.6) is 0 Å². The van der Waals surface area contributed by atoms with Crippen molar-refractivity contribution in [1.82, 2.24) is 20.1 Å². The molecule has 0 unspecified atom stereocenters. The molecule has 3 fully saturated rings. The number of allylic oxidation sites excluding steroid dienone is 1. The van der Waals surface area contributed by atoms with Gasteiger partial charge in [-0.05, 0) is 43.0 Å². The van der Waals surface area contributed by atoms with E-state index in [4.69, 9.17) is 0 Å². The van der Waals surface area contributed by atoms with Crippen LogP contribution in [0.25, 0.3) is 0 Å². The Hall–Kier alpha value is -2.79. The Morgan fingerprint density at radius 1 is 1.27 bits per heavy atom. The number of rotatable bonds is 7. The zero-order valence-corrected chi connectivity index (χ0v) is 19.2. The predicted molar refractivity (Wildman–Crippen MR) is 122 cm³/mol. The van der Waals surface area contributed by atoms with Gasteiger partial charge in [0.05, 0.1) is 5.75 Å². The lowest BCUT2D eigenvalue weighted by atomic mass is 10.0. The van der Waals surface area contributed by atoms with Crippen LogP contribution in [0.4, 0.5) is 0 Å². The van der Waals surface area contributed by atoms with Gasteiger partial charge in [-0.1, -0.05) is 0 Å². The zero-order chi connectivity index (χ0) is 23.1. The number of carbonyl (C=O) groups is 4. The second-order valence-corrected chi connectivity index (χ2v) is 10.4. The number of carbonyl (C=O) groups excluding carboxylic acids is 3. The Labute approximate surface area is 198 Å². The molecule has 1 saturated carbocycles. The van der Waals surface area contributed by atoms with Crippen molar-refractivity contribution in [2.45, 2.75) is 41.6 Å². The number of nitrogens with zero attached hydrogens (tertiary/aromatic N) is 3. The van der Waals surface area contributed by atoms with Crippen LogP contribution in [0.3, 0.4) is 0 Å². The standard InChI is InChI=1S/C22H22N4O5S2/c27-16(11-32-15-3-6-23-7-4-15)24-17-20(29)26-18(22(30)31)13(10-33-21(17)26)9-12-5-8-25(19(12)28)14-1-2-14/h3-4,6-7,9,14,17,21H,1-2,5,8,10-11H2,(H,24,27)(H,30,31)/b12-9+/t17-,21-/m1/s1. The Balaban J connectivity index is 1.27. The van der Waals surface area contributed by atoms with Crippen LogP contribution in [0.15, 0.2) is 52.3 Å². The van der Waals surface area contributed by atoms with Crippen molar-refractivity contribution in [3.05, 3.63) is 47.4 Å². The second-order valence-electron chi connectivity index (χ2n) is 8.25. The van der Waals surface area contributed by atoms with Crippen molar-refractivity contribution in [2.24, 2.45) is 0 Å². The summed E-state index contributed by atoms with van der Waals surface area (Å²) in [5.74, 6) is -1.48. The first-order valence-corrected chi connectivity index (χ1v) is 12.7. The topological polar surface area (TPSA) is 120 Å². The van der Waals surface area contributed by atoms with Crippen LogP contribution in [0.2, 0.25) is 0 Å². The normalized spacial score (nSPS) is 25.9. The van der Waals surface area contributed by atoms with Crippen molar-refractivity contribution < 1.29 is 24.3 Å². The molecule has 2 atom stereocenters. The molecule has 1 aliphatic carbocycles. The van der Waals surface area contributed by atoms with Crippen molar-refractivity contribution in [3.8, 4) is 0 Å². The molecule has 5 rings (SSSR count). The molecule has 172 valence electrons. The molecule has 4 heterocycles. The van der Waals surface area contributed by atoms with Gasteiger partial charge in [0.15, 0.2) is 0 Å². The summed E-state index contributed by atoms with van der Waals surface area (Å²) in [6.45, 7) is 0.662. The summed E-state index contributed by atoms with van der Waals surface area (Å²) in [7, 11) is 0. The first kappa shape index (κ1) is 22.0. The zero-order valence-electron chi connectivity index (χ0n) is 17.6. The van der Waals surface area contributed by atoms with Gasteiger partial charge in [-0.3, -0.25) is 24.3 Å². The summed E-state index contributed by atoms with van der Waals surface area (Å²) in [5.41, 5.74) is 0.974. The number of aromatic nitrogens is 1. The quantitative estimate of drug-likeness (QED) is 0.336. The van der Waals surface area contributed by atoms with Gasteiger partial charge in [-0.25, -0.2) is 4.79 Å². The van der Waals surface area contributed by atoms with E-state index in [2.05, 4.69) is 10.3 Å². The lowest BCUT2D eigenvalue weighted by molar-refractivity contribution is -0.150. The number of nitrogens with one attached hydrogen (secondary N) is 1. The number of carboxylic acids is 1. The maximum atomic E-state index is 12.8. The van der Waals surface area contributed by atoms with Crippen LogP contribution in [0.1, 0.15) is 19.3 Å². The molecular formula is C22H22N4O5S2. The van der Waals surface area contributed by atoms with Gasteiger partial charge < -0.3 is 15.3 Å². The molecule has 1 aromatic rings. The fourth-order valence-corrected chi connectivity index (χ4v) is 6.27. The molecule has 0 bridgehead atoms. The molecule has 0 aromatic carbocycles. The maximum absolute atomic E-state index is 12.8. The molecule has 1 aromatic heterocycles. The van der Waals surface area contributed by atoms with E-state index in [1.807, 2.05) is 4.90 Å². The molecule has 2 N–H and O–H groups in total. The van der Waals surface area contributed by atoms with E-state index in [0.717, 1.165) is 17.7 Å². The molecule has 33 heavy (non-hydrogen) atoms. The number of pyridine rings is 1. The first-order valence-electron chi connectivity index (χ1n) is 10.7. The van der Waals surface area contributed by atoms with Gasteiger partial charge in [0.25, 0.3) is 5.91 Å². The minimum absolute atomic E-state index is 0.0337. The van der Waals surface area contributed by atoms with Crippen molar-refractivity contribution >= 4 is 47.2 Å². The third-order valence-corrected chi connectivity index (χ3v) is 8.34. The average molecular weight is 487 g/mol. The Morgan fingerprint density at radius 2 is 2.03 bits per heavy atom. The molecule has 3 aliphatic heterocycles. The highest BCUT2D eigenvalue weighted by atomic mass is 32.2. The number of β-lactam (4-membered cyclic amide) rings is 1. The summed E-state index contributed by atoms with van der Waals surface area (Å²) >= 11 is 2.73. The maximum Gasteiger partial charge on any atom is 0.352 e. The van der Waals surface area contributed by atoms with Crippen LogP contribution in [-0.2, 0) is 19.2 Å². The summed E-state index contributed by atoms with van der Waals surface area (Å²) in [5, 5.41) is 12.1. The van der Waals surface area contributed by atoms with E-state index >= 15 is 0 Å². The molecule has 0 spiro atoms. The monoisotopic (exact) mass is 486 g/mol. The highest BCUT2D eigenvalue weighted by Crippen LogP contribution is 2.41. The van der Waals surface area contributed by atoms with Gasteiger partial charge >= 0.3 is 5.97 Å². The second kappa shape index (κ2) is 8.86. The molecule has 0 radical (unpaired) electrons. The molecule has 11 heteroatoms. The van der Waals surface area contributed by atoms with Crippen LogP contribution >= 0.6 is 23.5 Å². The van der Waals surface area contributed by atoms with Gasteiger partial charge in [-0.2, -0.15) is 0 Å². The largest absolute Gasteiger partial charge is 0.477 e. The fraction of sp³-hybridized carbons (Fsp3) is 0.409. The smallest absolute Gasteiger partial charge is 0.352 e. The highest BCUT2D eigenvalue weighted by Gasteiger charge is 2.54. The van der Waals surface area contributed by atoms with E-state index in [1.54, 1.807) is 30.6 Å². The fourth-order valence-electron chi connectivity index (χ4n) is 4.27. The van der Waals surface area contributed by atoms with Crippen molar-refractivity contribution in [3.63, 3.8) is 0 Å². The number of hydrogen-bond donors (Lipinski definition) is 2. The van der Waals surface area contributed by atoms with E-state index in [-0.39, 0.29) is 23.3 Å². The minimum Gasteiger partial charge on any atom is -0.477 e. The van der Waals surface area contributed by atoms with Crippen molar-refractivity contribution in [1.29, 1.82) is 0 Å². The first-order chi connectivity index (χ1) is 15.9. The summed E-state index contributed by atoms with van der Waals surface area (Å²) < 4.78 is 0. The third-order valence-electron chi connectivity index (χ3n) is 6.03. The third kappa shape index (κ3) is 4.26. The molecular weight excluding hydrogens is 464 g/mol. The van der Waals surface area contributed by atoms with E-state index in [9.17, 15) is 24.3 Å². The lowest BCUT2D eigenvalue weighted by Gasteiger charge is -2.49. The number of carboxylic acid groups (broad SMARTS) is 1. The molecule has 9 nitrogen and oxygen atoms in total. The van der Waals surface area contributed by atoms with Gasteiger partial charge in [-0.15, -0.1) is 23.5 Å². The van der Waals surface area contributed by atoms with Crippen molar-refractivity contribution in [2.75, 3.05) is 18.1 Å². The summed E-state index contributed by atoms with van der Waals surface area (Å²) in [6.07, 6.45) is 7.57. The number of amides is 3. The number of aliphatic carboxylic acids is 1. The van der Waals surface area contributed by atoms with Crippen LogP contribution in [0, 0.1) is 0 Å². The highest BCUT2D eigenvalue weighted by molar-refractivity contribution is 8.00. The van der Waals surface area contributed by atoms with E-state index < -0.39 is 23.3 Å². The van der Waals surface area contributed by atoms with Crippen LogP contribution in [-0.4, -0.2) is 79.1 Å². The number of likely N-dealkylation sites (tertiary alicyclic amines) is 1. The molecule has 3 amide bonds. The predicted octanol–water partition coefficient (Wildman–Crippen LogP) is 1.23. The molecule has 2 saturated heterocycles. The number of thioether (sulfide) groups is 2. The Bertz CT molecular complexity index is 1090. The Kier molecular flexibility index (Phi) is 5.92. The average Bonchev–Trinajstić information content (AvgIpc) is 3.59. The Morgan fingerprint density at radius 3 is 2.73 bits per heavy atom. The van der Waals surface area contributed by atoms with Gasteiger partial charge in [0.1, 0.15) is 17.1 Å². The van der Waals surface area contributed by atoms with E-state index in [0.29, 0.717) is 35.9 Å². The molecule has 4 aliphatic rings. The van der Waals surface area contributed by atoms with Gasteiger partial charge in [0, 0.05) is 41.2 Å². The SMILES string of the molecule is O=C(CSc1ccncc1)N[C@@H]1C(=O)N2C(C(=O)O)=C(/C=C3\CCN(C4CC4)C3=O)CS[C@H]12. The lowest BCUT2D eigenvalue weighted by Crippen LogP contribution is -2.70. The van der Waals surface area contributed by atoms with Crippen LogP contribution < -0.4 is 5.32 Å². The summed E-state index contributed by atoms with van der Waals surface area (Å²) in [6, 6.07) is 3.15. The minimum atomic E-state index is -1.21. The van der Waals surface area contributed by atoms with E-state index in [1.165, 1.54) is 28.4 Å². The summed E-state index contributed by atoms with van der Waals surface area (Å²) in [4.78, 5) is 57.8. The number of fused-ring (bicyclic) bond motifs is 1. The van der Waals surface area contributed by atoms with Gasteiger partial charge in [0.2, 0.25) is 11.8 Å².